The van der Waals surface area contributed by atoms with Crippen LogP contribution in [0.15, 0.2) is 41.0 Å². The van der Waals surface area contributed by atoms with Crippen molar-refractivity contribution < 1.29 is 13.9 Å². The van der Waals surface area contributed by atoms with E-state index in [9.17, 15) is 0 Å². The Kier molecular flexibility index (Phi) is 6.31. The molecule has 2 aromatic rings. The minimum absolute atomic E-state index is 0.561. The first-order valence-corrected chi connectivity index (χ1v) is 7.30. The Balaban J connectivity index is 1.78. The smallest absolute Gasteiger partial charge is 0.123 e. The van der Waals surface area contributed by atoms with Gasteiger partial charge in [-0.1, -0.05) is 19.1 Å². The van der Waals surface area contributed by atoms with Crippen LogP contribution >= 0.6 is 0 Å². The molecule has 1 heterocycles. The van der Waals surface area contributed by atoms with Gasteiger partial charge in [-0.15, -0.1) is 0 Å². The van der Waals surface area contributed by atoms with E-state index in [1.54, 1.807) is 13.4 Å². The second kappa shape index (κ2) is 8.49. The van der Waals surface area contributed by atoms with Gasteiger partial charge in [-0.05, 0) is 36.7 Å². The summed E-state index contributed by atoms with van der Waals surface area (Å²) in [7, 11) is 1.67. The maximum Gasteiger partial charge on any atom is 0.123 e. The zero-order chi connectivity index (χ0) is 14.9. The highest BCUT2D eigenvalue weighted by Gasteiger charge is 2.06. The van der Waals surface area contributed by atoms with Crippen LogP contribution in [0.1, 0.15) is 30.2 Å². The van der Waals surface area contributed by atoms with Gasteiger partial charge < -0.3 is 19.2 Å². The van der Waals surface area contributed by atoms with Gasteiger partial charge in [0.25, 0.3) is 0 Å². The summed E-state index contributed by atoms with van der Waals surface area (Å²) in [5.41, 5.74) is 2.23. The maximum absolute atomic E-state index is 5.76. The summed E-state index contributed by atoms with van der Waals surface area (Å²) in [5, 5.41) is 3.34. The monoisotopic (exact) mass is 289 g/mol. The summed E-state index contributed by atoms with van der Waals surface area (Å²) in [5.74, 6) is 1.82. The van der Waals surface area contributed by atoms with E-state index in [0.717, 1.165) is 42.1 Å². The lowest BCUT2D eigenvalue weighted by molar-refractivity contribution is 0.106. The Hall–Kier alpha value is -1.78. The van der Waals surface area contributed by atoms with E-state index >= 15 is 0 Å². The predicted molar refractivity (Wildman–Crippen MR) is 82.2 cm³/mol. The van der Waals surface area contributed by atoms with Gasteiger partial charge in [-0.25, -0.2) is 0 Å². The molecule has 0 aliphatic heterocycles. The van der Waals surface area contributed by atoms with Crippen LogP contribution in [-0.4, -0.2) is 13.7 Å². The average Bonchev–Trinajstić information content (AvgIpc) is 2.96. The van der Waals surface area contributed by atoms with E-state index in [2.05, 4.69) is 12.2 Å². The summed E-state index contributed by atoms with van der Waals surface area (Å²) in [4.78, 5) is 0. The second-order valence-electron chi connectivity index (χ2n) is 4.89. The van der Waals surface area contributed by atoms with Crippen LogP contribution in [0.25, 0.3) is 0 Å². The molecule has 4 heteroatoms. The van der Waals surface area contributed by atoms with Gasteiger partial charge in [0.05, 0.1) is 33.1 Å². The molecule has 0 spiro atoms. The fourth-order valence-corrected chi connectivity index (χ4v) is 2.03. The standard InChI is InChI=1S/C17H23NO3/c1-3-9-18-11-17-15(8-10-21-17)13-20-12-14-4-6-16(19-2)7-5-14/h4-8,10,18H,3,9,11-13H2,1-2H3. The zero-order valence-corrected chi connectivity index (χ0v) is 12.7. The number of hydrogen-bond acceptors (Lipinski definition) is 4. The fraction of sp³-hybridized carbons (Fsp3) is 0.412. The Labute approximate surface area is 126 Å². The van der Waals surface area contributed by atoms with Crippen molar-refractivity contribution in [3.63, 3.8) is 0 Å². The number of methoxy groups -OCH3 is 1. The molecule has 0 saturated carbocycles. The zero-order valence-electron chi connectivity index (χ0n) is 12.7. The lowest BCUT2D eigenvalue weighted by Gasteiger charge is -2.07. The highest BCUT2D eigenvalue weighted by atomic mass is 16.5. The van der Waals surface area contributed by atoms with Gasteiger partial charge >= 0.3 is 0 Å². The molecule has 0 bridgehead atoms. The van der Waals surface area contributed by atoms with Crippen molar-refractivity contribution in [2.24, 2.45) is 0 Å². The normalized spacial score (nSPS) is 10.8. The van der Waals surface area contributed by atoms with Crippen LogP contribution in [0, 0.1) is 0 Å². The predicted octanol–water partition coefficient (Wildman–Crippen LogP) is 3.50. The van der Waals surface area contributed by atoms with Gasteiger partial charge in [-0.3, -0.25) is 0 Å². The molecular formula is C17H23NO3. The quantitative estimate of drug-likeness (QED) is 0.717. The first-order chi connectivity index (χ1) is 10.3. The van der Waals surface area contributed by atoms with E-state index in [1.807, 2.05) is 30.3 Å². The van der Waals surface area contributed by atoms with Gasteiger partial charge in [0.15, 0.2) is 0 Å². The van der Waals surface area contributed by atoms with E-state index in [1.165, 1.54) is 0 Å². The third-order valence-corrected chi connectivity index (χ3v) is 3.24. The molecule has 1 N–H and O–H groups in total. The minimum Gasteiger partial charge on any atom is -0.497 e. The van der Waals surface area contributed by atoms with E-state index in [0.29, 0.717) is 13.2 Å². The van der Waals surface area contributed by atoms with Gasteiger partial charge in [-0.2, -0.15) is 0 Å². The van der Waals surface area contributed by atoms with Crippen molar-refractivity contribution in [2.75, 3.05) is 13.7 Å². The molecule has 1 aromatic heterocycles. The van der Waals surface area contributed by atoms with Crippen LogP contribution < -0.4 is 10.1 Å². The molecule has 0 amide bonds. The summed E-state index contributed by atoms with van der Waals surface area (Å²) in [6.07, 6.45) is 2.83. The van der Waals surface area contributed by atoms with Crippen molar-refractivity contribution in [2.45, 2.75) is 33.1 Å². The summed E-state index contributed by atoms with van der Waals surface area (Å²) >= 11 is 0. The lowest BCUT2D eigenvalue weighted by atomic mass is 10.2. The number of rotatable bonds is 9. The number of ether oxygens (including phenoxy) is 2. The van der Waals surface area contributed by atoms with Gasteiger partial charge in [0.2, 0.25) is 0 Å². The van der Waals surface area contributed by atoms with Gasteiger partial charge in [0, 0.05) is 5.56 Å². The van der Waals surface area contributed by atoms with E-state index in [4.69, 9.17) is 13.9 Å². The molecule has 0 aliphatic rings. The van der Waals surface area contributed by atoms with Gasteiger partial charge in [0.1, 0.15) is 11.5 Å². The minimum atomic E-state index is 0.561. The van der Waals surface area contributed by atoms with Crippen LogP contribution in [0.2, 0.25) is 0 Å². The first-order valence-electron chi connectivity index (χ1n) is 7.30. The molecule has 0 saturated heterocycles. The van der Waals surface area contributed by atoms with E-state index in [-0.39, 0.29) is 0 Å². The molecule has 0 radical (unpaired) electrons. The van der Waals surface area contributed by atoms with Crippen LogP contribution in [0.4, 0.5) is 0 Å². The molecule has 0 fully saturated rings. The Morgan fingerprint density at radius 1 is 1.10 bits per heavy atom. The summed E-state index contributed by atoms with van der Waals surface area (Å²) < 4.78 is 16.4. The molecular weight excluding hydrogens is 266 g/mol. The topological polar surface area (TPSA) is 43.6 Å². The Morgan fingerprint density at radius 2 is 1.90 bits per heavy atom. The lowest BCUT2D eigenvalue weighted by Crippen LogP contribution is -2.14. The van der Waals surface area contributed by atoms with E-state index < -0.39 is 0 Å². The molecule has 114 valence electrons. The van der Waals surface area contributed by atoms with Crippen molar-refractivity contribution in [3.8, 4) is 5.75 Å². The van der Waals surface area contributed by atoms with Crippen LogP contribution in [-0.2, 0) is 24.5 Å². The fourth-order valence-electron chi connectivity index (χ4n) is 2.03. The number of benzene rings is 1. The molecule has 0 unspecified atom stereocenters. The third kappa shape index (κ3) is 4.92. The molecule has 4 nitrogen and oxygen atoms in total. The van der Waals surface area contributed by atoms with Crippen molar-refractivity contribution >= 4 is 0 Å². The van der Waals surface area contributed by atoms with Crippen LogP contribution in [0.3, 0.4) is 0 Å². The maximum atomic E-state index is 5.76. The summed E-state index contributed by atoms with van der Waals surface area (Å²) in [6, 6.07) is 9.88. The Morgan fingerprint density at radius 3 is 2.62 bits per heavy atom. The van der Waals surface area contributed by atoms with Crippen LogP contribution in [0.5, 0.6) is 5.75 Å². The highest BCUT2D eigenvalue weighted by molar-refractivity contribution is 5.26. The number of furan rings is 1. The summed E-state index contributed by atoms with van der Waals surface area (Å²) in [6.45, 7) is 5.03. The molecule has 0 aliphatic carbocycles. The number of nitrogens with one attached hydrogen (secondary N) is 1. The third-order valence-electron chi connectivity index (χ3n) is 3.24. The average molecular weight is 289 g/mol. The number of hydrogen-bond donors (Lipinski definition) is 1. The first kappa shape index (κ1) is 15.6. The van der Waals surface area contributed by atoms with Crippen molar-refractivity contribution in [1.82, 2.24) is 5.32 Å². The SMILES string of the molecule is CCCNCc1occc1COCc1ccc(OC)cc1. The Bertz CT molecular complexity index is 519. The molecule has 21 heavy (non-hydrogen) atoms. The molecule has 1 aromatic carbocycles. The highest BCUT2D eigenvalue weighted by Crippen LogP contribution is 2.15. The second-order valence-corrected chi connectivity index (χ2v) is 4.89. The van der Waals surface area contributed by atoms with Crippen molar-refractivity contribution in [1.29, 1.82) is 0 Å². The largest absolute Gasteiger partial charge is 0.497 e. The van der Waals surface area contributed by atoms with Crippen molar-refractivity contribution in [3.05, 3.63) is 53.5 Å². The molecule has 2 rings (SSSR count). The molecule has 0 atom stereocenters.